The molecule has 6 nitrogen and oxygen atoms in total. The fourth-order valence-electron chi connectivity index (χ4n) is 2.83. The lowest BCUT2D eigenvalue weighted by molar-refractivity contribution is 0.0695. The van der Waals surface area contributed by atoms with Gasteiger partial charge in [0.1, 0.15) is 5.75 Å². The average Bonchev–Trinajstić information content (AvgIpc) is 2.61. The van der Waals surface area contributed by atoms with Crippen molar-refractivity contribution in [3.63, 3.8) is 0 Å². The van der Waals surface area contributed by atoms with Crippen molar-refractivity contribution in [2.75, 3.05) is 0 Å². The molecule has 0 radical (unpaired) electrons. The zero-order chi connectivity index (χ0) is 23.1. The Labute approximate surface area is 169 Å². The molecule has 0 spiro atoms. The summed E-state index contributed by atoms with van der Waals surface area (Å²) in [6.07, 6.45) is 0. The maximum Gasteiger partial charge on any atom is 0.335 e. The van der Waals surface area contributed by atoms with Crippen molar-refractivity contribution in [2.24, 2.45) is 0 Å². The van der Waals surface area contributed by atoms with Crippen LogP contribution in [0.2, 0.25) is 0 Å². The van der Waals surface area contributed by atoms with Gasteiger partial charge in [-0.25, -0.2) is 13.6 Å². The first-order valence-corrected chi connectivity index (χ1v) is 10.0. The number of carboxylic acids is 1. The van der Waals surface area contributed by atoms with E-state index < -0.39 is 55.9 Å². The number of rotatable bonds is 6. The molecule has 0 unspecified atom stereocenters. The first-order chi connectivity index (χ1) is 13.7. The highest BCUT2D eigenvalue weighted by Gasteiger charge is 2.34. The van der Waals surface area contributed by atoms with E-state index in [4.69, 9.17) is 9.29 Å². The molecule has 0 aliphatic rings. The van der Waals surface area contributed by atoms with E-state index in [9.17, 15) is 35.9 Å². The van der Waals surface area contributed by atoms with Crippen molar-refractivity contribution >= 4 is 16.1 Å². The van der Waals surface area contributed by atoms with Gasteiger partial charge >= 0.3 is 16.1 Å². The molecule has 0 saturated carbocycles. The van der Waals surface area contributed by atoms with Crippen LogP contribution in [0.15, 0.2) is 17.0 Å². The number of hydrogen-bond donors (Lipinski definition) is 2. The molecule has 30 heavy (non-hydrogen) atoms. The molecule has 0 aromatic heterocycles. The monoisotopic (exact) mass is 450 g/mol. The third-order valence-corrected chi connectivity index (χ3v) is 5.18. The van der Waals surface area contributed by atoms with Gasteiger partial charge in [-0.15, -0.1) is 0 Å². The van der Waals surface area contributed by atoms with Gasteiger partial charge in [-0.3, -0.25) is 4.55 Å². The van der Waals surface area contributed by atoms with Gasteiger partial charge in [0.05, 0.1) is 5.56 Å². The minimum atomic E-state index is -5.60. The van der Waals surface area contributed by atoms with E-state index in [2.05, 4.69) is 0 Å². The molecule has 2 rings (SSSR count). The van der Waals surface area contributed by atoms with Crippen LogP contribution < -0.4 is 4.74 Å². The Morgan fingerprint density at radius 1 is 0.900 bits per heavy atom. The SMILES string of the molecule is CC(C)c1cc(C(=O)O)c(C(C)C)cc1Oc1c(F)c(F)c(S(=O)(=O)O)c(F)c1F. The quantitative estimate of drug-likeness (QED) is 0.355. The average molecular weight is 450 g/mol. The first kappa shape index (κ1) is 23.6. The number of carboxylic acid groups (broad SMARTS) is 1. The highest BCUT2D eigenvalue weighted by molar-refractivity contribution is 7.85. The fraction of sp³-hybridized carbons (Fsp3) is 0.316. The van der Waals surface area contributed by atoms with Gasteiger partial charge in [-0.05, 0) is 35.1 Å². The molecule has 2 aromatic rings. The summed E-state index contributed by atoms with van der Waals surface area (Å²) in [4.78, 5) is 9.38. The zero-order valence-electron chi connectivity index (χ0n) is 16.3. The zero-order valence-corrected chi connectivity index (χ0v) is 17.1. The second-order valence-corrected chi connectivity index (χ2v) is 8.44. The van der Waals surface area contributed by atoms with Gasteiger partial charge in [0, 0.05) is 0 Å². The van der Waals surface area contributed by atoms with E-state index >= 15 is 0 Å². The summed E-state index contributed by atoms with van der Waals surface area (Å²) < 4.78 is 92.8. The van der Waals surface area contributed by atoms with Crippen LogP contribution >= 0.6 is 0 Å². The van der Waals surface area contributed by atoms with E-state index in [1.807, 2.05) is 0 Å². The van der Waals surface area contributed by atoms with E-state index in [0.29, 0.717) is 0 Å². The van der Waals surface area contributed by atoms with Crippen LogP contribution in [0.25, 0.3) is 0 Å². The Morgan fingerprint density at radius 2 is 1.37 bits per heavy atom. The highest BCUT2D eigenvalue weighted by atomic mass is 32.2. The predicted octanol–water partition coefficient (Wildman–Crippen LogP) is 5.23. The maximum absolute atomic E-state index is 14.3. The molecule has 0 fully saturated rings. The predicted molar refractivity (Wildman–Crippen MR) is 97.7 cm³/mol. The second-order valence-electron chi connectivity index (χ2n) is 7.08. The number of aromatic carboxylic acids is 1. The Balaban J connectivity index is 2.80. The summed E-state index contributed by atoms with van der Waals surface area (Å²) in [6, 6.07) is 2.42. The van der Waals surface area contributed by atoms with E-state index in [-0.39, 0.29) is 28.4 Å². The largest absolute Gasteiger partial charge is 0.478 e. The minimum absolute atomic E-state index is 0.0823. The Bertz CT molecular complexity index is 1100. The molecule has 2 N–H and O–H groups in total. The Hall–Kier alpha value is -2.66. The molecule has 0 heterocycles. The minimum Gasteiger partial charge on any atom is -0.478 e. The van der Waals surface area contributed by atoms with Crippen LogP contribution in [0, 0.1) is 23.3 Å². The molecular weight excluding hydrogens is 432 g/mol. The number of carbonyl (C=O) groups is 1. The molecule has 0 saturated heterocycles. The standard InChI is InChI=1S/C19H18F4O6S/c1-7(2)9-6-12(10(8(3)4)5-11(9)19(24)25)29-17-13(20)15(22)18(30(26,27)28)16(23)14(17)21/h5-8H,1-4H3,(H,24,25)(H,26,27,28). The topological polar surface area (TPSA) is 101 Å². The third kappa shape index (κ3) is 4.26. The lowest BCUT2D eigenvalue weighted by Gasteiger charge is -2.20. The third-order valence-electron chi connectivity index (χ3n) is 4.31. The van der Waals surface area contributed by atoms with Crippen molar-refractivity contribution in [3.8, 4) is 11.5 Å². The van der Waals surface area contributed by atoms with Gasteiger partial charge in [0.25, 0.3) is 0 Å². The molecule has 0 amide bonds. The smallest absolute Gasteiger partial charge is 0.335 e. The number of ether oxygens (including phenoxy) is 1. The lowest BCUT2D eigenvalue weighted by atomic mass is 9.91. The Kier molecular flexibility index (Phi) is 6.48. The molecule has 0 atom stereocenters. The van der Waals surface area contributed by atoms with E-state index in [1.165, 1.54) is 12.1 Å². The van der Waals surface area contributed by atoms with Crippen LogP contribution in [-0.2, 0) is 10.1 Å². The van der Waals surface area contributed by atoms with Crippen molar-refractivity contribution in [1.29, 1.82) is 0 Å². The number of benzene rings is 2. The Morgan fingerprint density at radius 3 is 1.73 bits per heavy atom. The number of halogens is 4. The number of hydrogen-bond acceptors (Lipinski definition) is 4. The van der Waals surface area contributed by atoms with Gasteiger partial charge < -0.3 is 9.84 Å². The van der Waals surface area contributed by atoms with Crippen LogP contribution in [0.5, 0.6) is 11.5 Å². The first-order valence-electron chi connectivity index (χ1n) is 8.60. The summed E-state index contributed by atoms with van der Waals surface area (Å²) >= 11 is 0. The van der Waals surface area contributed by atoms with E-state index in [1.54, 1.807) is 27.7 Å². The summed E-state index contributed by atoms with van der Waals surface area (Å²) in [5, 5.41) is 9.43. The summed E-state index contributed by atoms with van der Waals surface area (Å²) in [5.41, 5.74) is 0.328. The van der Waals surface area contributed by atoms with Crippen LogP contribution in [0.4, 0.5) is 17.6 Å². The van der Waals surface area contributed by atoms with Crippen LogP contribution in [0.1, 0.15) is 61.0 Å². The lowest BCUT2D eigenvalue weighted by Crippen LogP contribution is -2.12. The van der Waals surface area contributed by atoms with Crippen LogP contribution in [-0.4, -0.2) is 24.0 Å². The normalized spacial score (nSPS) is 12.0. The molecule has 0 bridgehead atoms. The van der Waals surface area contributed by atoms with Crippen molar-refractivity contribution in [2.45, 2.75) is 44.4 Å². The van der Waals surface area contributed by atoms with Crippen molar-refractivity contribution in [1.82, 2.24) is 0 Å². The molecule has 0 aliphatic heterocycles. The second kappa shape index (κ2) is 8.23. The maximum atomic E-state index is 14.3. The van der Waals surface area contributed by atoms with E-state index in [0.717, 1.165) is 0 Å². The highest BCUT2D eigenvalue weighted by Crippen LogP contribution is 2.39. The fourth-order valence-corrected chi connectivity index (χ4v) is 3.46. The molecule has 2 aromatic carbocycles. The molecule has 11 heteroatoms. The summed E-state index contributed by atoms with van der Waals surface area (Å²) in [5.74, 6) is -12.9. The van der Waals surface area contributed by atoms with Crippen molar-refractivity contribution < 1.29 is 45.2 Å². The van der Waals surface area contributed by atoms with Gasteiger partial charge in [-0.1, -0.05) is 27.7 Å². The summed E-state index contributed by atoms with van der Waals surface area (Å²) in [7, 11) is -5.60. The molecule has 164 valence electrons. The molecular formula is C19H18F4O6S. The van der Waals surface area contributed by atoms with Crippen molar-refractivity contribution in [3.05, 3.63) is 52.1 Å². The summed E-state index contributed by atoms with van der Waals surface area (Å²) in [6.45, 7) is 6.56. The van der Waals surface area contributed by atoms with Gasteiger partial charge in [0.15, 0.2) is 16.5 Å². The van der Waals surface area contributed by atoms with Gasteiger partial charge in [0.2, 0.25) is 17.4 Å². The van der Waals surface area contributed by atoms with Crippen LogP contribution in [0.3, 0.4) is 0 Å². The van der Waals surface area contributed by atoms with Gasteiger partial charge in [-0.2, -0.15) is 17.2 Å². The molecule has 0 aliphatic carbocycles.